The highest BCUT2D eigenvalue weighted by Gasteiger charge is 2.36. The first-order valence-corrected chi connectivity index (χ1v) is 16.1. The largest absolute Gasteiger partial charge is 0.515 e. The van der Waals surface area contributed by atoms with E-state index in [1.165, 1.54) is 12.5 Å². The molecule has 1 saturated heterocycles. The molecule has 5 rings (SSSR count). The van der Waals surface area contributed by atoms with E-state index in [2.05, 4.69) is 58.2 Å². The van der Waals surface area contributed by atoms with Crippen molar-refractivity contribution in [3.63, 3.8) is 0 Å². The van der Waals surface area contributed by atoms with E-state index in [0.29, 0.717) is 43.7 Å². The summed E-state index contributed by atoms with van der Waals surface area (Å²) in [5.74, 6) is -0.110. The van der Waals surface area contributed by atoms with Crippen molar-refractivity contribution in [1.82, 2.24) is 10.2 Å². The average molecular weight is 624 g/mol. The van der Waals surface area contributed by atoms with Gasteiger partial charge in [-0.15, -0.1) is 0 Å². The van der Waals surface area contributed by atoms with Gasteiger partial charge in [0.2, 0.25) is 5.91 Å². The maximum atomic E-state index is 13.2. The standard InChI is InChI=1S/C37H45N5O4/c1-9-26-21(3)32-18-35-28(19-43)23(5)31(40-35)17-33-22(4)27(11-12-36(45)42(8)13-10-14-46-25(7)44)37(41-33)24(6)30-15-20(2)29(38-30)16-34(26)39-32/h15-19,22,27,41,43H,9-14H2,1-8H3/t22?,27-/m0/s1. The molecule has 0 aromatic carbocycles. The van der Waals surface area contributed by atoms with Gasteiger partial charge >= 0.3 is 5.97 Å². The van der Waals surface area contributed by atoms with E-state index in [9.17, 15) is 14.7 Å². The average Bonchev–Trinajstić information content (AvgIpc) is 3.72. The number of aliphatic imine (C=N–C) groups is 3. The van der Waals surface area contributed by atoms with E-state index < -0.39 is 0 Å². The lowest BCUT2D eigenvalue weighted by atomic mass is 9.86. The summed E-state index contributed by atoms with van der Waals surface area (Å²) < 4.78 is 5.02. The van der Waals surface area contributed by atoms with Crippen LogP contribution in [0.3, 0.4) is 0 Å². The van der Waals surface area contributed by atoms with Crippen LogP contribution in [0.25, 0.3) is 0 Å². The van der Waals surface area contributed by atoms with E-state index in [0.717, 1.165) is 74.9 Å². The number of fused-ring (bicyclic) bond motifs is 5. The third-order valence-electron chi connectivity index (χ3n) is 9.58. The second-order valence-electron chi connectivity index (χ2n) is 12.6. The second-order valence-corrected chi connectivity index (χ2v) is 12.6. The van der Waals surface area contributed by atoms with Gasteiger partial charge in [0, 0.05) is 55.7 Å². The van der Waals surface area contributed by atoms with Crippen molar-refractivity contribution in [1.29, 1.82) is 0 Å². The normalized spacial score (nSPS) is 23.1. The van der Waals surface area contributed by atoms with Crippen LogP contribution < -0.4 is 5.32 Å². The number of nitrogens with zero attached hydrogens (tertiary/aromatic N) is 4. The Kier molecular flexibility index (Phi) is 9.60. The highest BCUT2D eigenvalue weighted by Crippen LogP contribution is 2.41. The molecule has 0 saturated carbocycles. The summed E-state index contributed by atoms with van der Waals surface area (Å²) in [6.07, 6.45) is 11.8. The molecular weight excluding hydrogens is 578 g/mol. The molecular formula is C37H45N5O4. The van der Waals surface area contributed by atoms with Crippen LogP contribution in [0, 0.1) is 11.8 Å². The van der Waals surface area contributed by atoms with Crippen molar-refractivity contribution >= 4 is 29.0 Å². The van der Waals surface area contributed by atoms with Crippen LogP contribution in [-0.4, -0.2) is 59.2 Å². The molecule has 1 fully saturated rings. The highest BCUT2D eigenvalue weighted by molar-refractivity contribution is 6.18. The first kappa shape index (κ1) is 32.9. The monoisotopic (exact) mass is 623 g/mol. The number of esters is 1. The van der Waals surface area contributed by atoms with Crippen LogP contribution in [0.2, 0.25) is 0 Å². The topological polar surface area (TPSA) is 116 Å². The van der Waals surface area contributed by atoms with E-state index in [1.54, 1.807) is 11.9 Å². The number of aliphatic hydroxyl groups is 1. The van der Waals surface area contributed by atoms with Crippen LogP contribution in [-0.2, 0) is 14.3 Å². The van der Waals surface area contributed by atoms with Gasteiger partial charge in [-0.25, -0.2) is 15.0 Å². The van der Waals surface area contributed by atoms with Crippen LogP contribution in [0.4, 0.5) is 0 Å². The Bertz CT molecular complexity index is 1720. The molecule has 0 spiro atoms. The molecule has 2 atom stereocenters. The number of hydrogen-bond acceptors (Lipinski definition) is 8. The molecule has 1 amide bonds. The van der Waals surface area contributed by atoms with Crippen molar-refractivity contribution in [3.05, 3.63) is 92.5 Å². The molecule has 1 unspecified atom stereocenters. The predicted molar refractivity (Wildman–Crippen MR) is 183 cm³/mol. The molecule has 5 aliphatic rings. The van der Waals surface area contributed by atoms with Gasteiger partial charge in [0.1, 0.15) is 0 Å². The maximum absolute atomic E-state index is 13.2. The van der Waals surface area contributed by atoms with Gasteiger partial charge in [0.15, 0.2) is 0 Å². The number of carbonyl (C=O) groups is 2. The van der Waals surface area contributed by atoms with Gasteiger partial charge in [0.05, 0.1) is 47.1 Å². The fourth-order valence-electron chi connectivity index (χ4n) is 6.64. The molecule has 242 valence electrons. The van der Waals surface area contributed by atoms with Crippen molar-refractivity contribution < 1.29 is 19.4 Å². The SMILES string of the molecule is CCC1=C(C)C2=CC3=NC(=C(C)C3=CO)C=C3NC(=C(C)C4=NC(=CC1=N2)C(C)=C4)[C@@H](CCC(=O)N(C)CCCOC(C)=O)C3C. The Morgan fingerprint density at radius 2 is 1.70 bits per heavy atom. The number of allylic oxidation sites excluding steroid dienone is 12. The zero-order valence-electron chi connectivity index (χ0n) is 28.2. The lowest BCUT2D eigenvalue weighted by molar-refractivity contribution is -0.141. The van der Waals surface area contributed by atoms with Crippen LogP contribution in [0.5, 0.6) is 0 Å². The van der Waals surface area contributed by atoms with Crippen molar-refractivity contribution in [3.8, 4) is 0 Å². The van der Waals surface area contributed by atoms with Gasteiger partial charge in [-0.1, -0.05) is 13.8 Å². The minimum absolute atomic E-state index is 0.0577. The molecule has 46 heavy (non-hydrogen) atoms. The molecule has 9 heteroatoms. The van der Waals surface area contributed by atoms with Gasteiger partial charge in [-0.2, -0.15) is 0 Å². The van der Waals surface area contributed by atoms with Crippen LogP contribution >= 0.6 is 0 Å². The van der Waals surface area contributed by atoms with Gasteiger partial charge in [0.25, 0.3) is 0 Å². The van der Waals surface area contributed by atoms with Crippen LogP contribution in [0.15, 0.2) is 107 Å². The smallest absolute Gasteiger partial charge is 0.302 e. The molecule has 9 nitrogen and oxygen atoms in total. The molecule has 0 aromatic heterocycles. The fraction of sp³-hybridized carbons (Fsp3) is 0.432. The lowest BCUT2D eigenvalue weighted by Crippen LogP contribution is -2.29. The second kappa shape index (κ2) is 13.4. The van der Waals surface area contributed by atoms with Gasteiger partial charge in [-0.05, 0) is 99.1 Å². The summed E-state index contributed by atoms with van der Waals surface area (Å²) in [7, 11) is 1.80. The first-order valence-electron chi connectivity index (χ1n) is 16.1. The van der Waals surface area contributed by atoms with E-state index in [4.69, 9.17) is 19.7 Å². The zero-order chi connectivity index (χ0) is 33.3. The van der Waals surface area contributed by atoms with Gasteiger partial charge in [-0.3, -0.25) is 9.59 Å². The lowest BCUT2D eigenvalue weighted by Gasteiger charge is -2.21. The van der Waals surface area contributed by atoms with Gasteiger partial charge < -0.3 is 20.1 Å². The van der Waals surface area contributed by atoms with E-state index >= 15 is 0 Å². The number of amides is 1. The summed E-state index contributed by atoms with van der Waals surface area (Å²) >= 11 is 0. The third-order valence-corrected chi connectivity index (χ3v) is 9.58. The molecule has 5 heterocycles. The summed E-state index contributed by atoms with van der Waals surface area (Å²) in [6, 6.07) is 0. The first-order chi connectivity index (χ1) is 21.9. The van der Waals surface area contributed by atoms with Crippen molar-refractivity contribution in [2.24, 2.45) is 26.8 Å². The Morgan fingerprint density at radius 1 is 0.978 bits per heavy atom. The number of hydrogen-bond donors (Lipinski definition) is 2. The summed E-state index contributed by atoms with van der Waals surface area (Å²) in [5.41, 5.74) is 13.0. The zero-order valence-corrected chi connectivity index (χ0v) is 28.2. The van der Waals surface area contributed by atoms with E-state index in [1.807, 2.05) is 13.0 Å². The molecule has 5 aliphatic heterocycles. The summed E-state index contributed by atoms with van der Waals surface area (Å²) in [5, 5.41) is 14.0. The third kappa shape index (κ3) is 6.41. The number of aliphatic hydroxyl groups excluding tert-OH is 1. The predicted octanol–water partition coefficient (Wildman–Crippen LogP) is 6.73. The minimum Gasteiger partial charge on any atom is -0.515 e. The number of carbonyl (C=O) groups excluding carboxylic acids is 2. The quantitative estimate of drug-likeness (QED) is 0.177. The highest BCUT2D eigenvalue weighted by atomic mass is 16.5. The van der Waals surface area contributed by atoms with E-state index in [-0.39, 0.29) is 23.7 Å². The summed E-state index contributed by atoms with van der Waals surface area (Å²) in [6.45, 7) is 14.8. The molecule has 0 aromatic rings. The molecule has 0 aliphatic carbocycles. The summed E-state index contributed by atoms with van der Waals surface area (Å²) in [4.78, 5) is 41.0. The number of rotatable bonds is 8. The molecule has 0 radical (unpaired) electrons. The van der Waals surface area contributed by atoms with Crippen molar-refractivity contribution in [2.45, 2.75) is 74.1 Å². The minimum atomic E-state index is -0.313. The number of ether oxygens (including phenoxy) is 1. The van der Waals surface area contributed by atoms with Crippen LogP contribution in [0.1, 0.15) is 74.1 Å². The molecule has 2 N–H and O–H groups in total. The Balaban J connectivity index is 1.54. The number of nitrogens with one attached hydrogen (secondary N) is 1. The maximum Gasteiger partial charge on any atom is 0.302 e. The molecule has 8 bridgehead atoms. The van der Waals surface area contributed by atoms with Crippen molar-refractivity contribution in [2.75, 3.05) is 20.2 Å². The Morgan fingerprint density at radius 3 is 2.39 bits per heavy atom. The Labute approximate surface area is 272 Å². The Hall–Kier alpha value is -4.53. The fourth-order valence-corrected chi connectivity index (χ4v) is 6.64.